The summed E-state index contributed by atoms with van der Waals surface area (Å²) < 4.78 is 0. The van der Waals surface area contributed by atoms with Crippen LogP contribution in [0.25, 0.3) is 0 Å². The van der Waals surface area contributed by atoms with E-state index in [2.05, 4.69) is 44.0 Å². The summed E-state index contributed by atoms with van der Waals surface area (Å²) in [7, 11) is 4.00. The van der Waals surface area contributed by atoms with Gasteiger partial charge in [-0.3, -0.25) is 14.7 Å². The summed E-state index contributed by atoms with van der Waals surface area (Å²) in [5.41, 5.74) is 5.19. The number of likely N-dealkylation sites (tertiary alicyclic amines) is 1. The maximum Gasteiger partial charge on any atom is 0.239 e. The van der Waals surface area contributed by atoms with E-state index in [0.717, 1.165) is 37.3 Å². The first kappa shape index (κ1) is 21.3. The molecule has 1 fully saturated rings. The molecule has 0 radical (unpaired) electrons. The van der Waals surface area contributed by atoms with Crippen LogP contribution in [0.1, 0.15) is 55.0 Å². The van der Waals surface area contributed by atoms with Crippen LogP contribution < -0.4 is 0 Å². The van der Waals surface area contributed by atoms with Gasteiger partial charge in [0.2, 0.25) is 5.91 Å². The number of fused-ring (bicyclic) bond motifs is 2. The van der Waals surface area contributed by atoms with Gasteiger partial charge in [0.05, 0.1) is 11.7 Å². The van der Waals surface area contributed by atoms with Crippen LogP contribution in [0.5, 0.6) is 0 Å². The van der Waals surface area contributed by atoms with E-state index in [-0.39, 0.29) is 23.9 Å². The molecular formula is C25H32ClN3O. The molecule has 1 aromatic heterocycles. The standard InChI is InChI=1S/C25H32ClN3O/c1-16(2)29(4)25(30)22-15-19(11-13-28(22)3)23-21-10-9-20(26)14-18(21)8-7-17-6-5-12-27-24(17)23/h5-6,9-10,12,14,16,19,22-23H,7-8,11,13,15H2,1-4H3/t19?,22-,23?/m1/s1. The molecule has 4 nitrogen and oxygen atoms in total. The fraction of sp³-hybridized carbons (Fsp3) is 0.520. The third-order valence-electron chi connectivity index (χ3n) is 7.11. The Balaban J connectivity index is 1.73. The van der Waals surface area contributed by atoms with Crippen molar-refractivity contribution >= 4 is 17.5 Å². The summed E-state index contributed by atoms with van der Waals surface area (Å²) in [6, 6.07) is 10.7. The van der Waals surface area contributed by atoms with E-state index in [9.17, 15) is 4.79 Å². The molecule has 160 valence electrons. The summed E-state index contributed by atoms with van der Waals surface area (Å²) in [6.07, 6.45) is 5.80. The first-order valence-electron chi connectivity index (χ1n) is 11.1. The number of carbonyl (C=O) groups excluding carboxylic acids is 1. The Hall–Kier alpha value is -1.91. The second-order valence-electron chi connectivity index (χ2n) is 9.19. The second kappa shape index (κ2) is 8.68. The molecule has 2 heterocycles. The van der Waals surface area contributed by atoms with Gasteiger partial charge in [-0.15, -0.1) is 0 Å². The summed E-state index contributed by atoms with van der Waals surface area (Å²) >= 11 is 6.35. The van der Waals surface area contributed by atoms with E-state index < -0.39 is 0 Å². The van der Waals surface area contributed by atoms with Crippen LogP contribution in [-0.2, 0) is 17.6 Å². The van der Waals surface area contributed by atoms with Gasteiger partial charge in [-0.2, -0.15) is 0 Å². The molecule has 2 aliphatic rings. The third kappa shape index (κ3) is 4.00. The number of pyridine rings is 1. The van der Waals surface area contributed by atoms with Gasteiger partial charge < -0.3 is 4.90 Å². The van der Waals surface area contributed by atoms with Crippen molar-refractivity contribution in [3.05, 3.63) is 63.9 Å². The summed E-state index contributed by atoms with van der Waals surface area (Å²) in [4.78, 5) is 22.2. The van der Waals surface area contributed by atoms with Crippen molar-refractivity contribution in [1.29, 1.82) is 0 Å². The van der Waals surface area contributed by atoms with Crippen molar-refractivity contribution in [2.24, 2.45) is 5.92 Å². The minimum atomic E-state index is -0.0812. The highest BCUT2D eigenvalue weighted by Gasteiger charge is 2.39. The summed E-state index contributed by atoms with van der Waals surface area (Å²) in [6.45, 7) is 5.07. The Morgan fingerprint density at radius 2 is 2.00 bits per heavy atom. The monoisotopic (exact) mass is 425 g/mol. The molecule has 1 saturated heterocycles. The lowest BCUT2D eigenvalue weighted by atomic mass is 9.74. The normalized spacial score (nSPS) is 24.1. The minimum Gasteiger partial charge on any atom is -0.342 e. The zero-order valence-corrected chi connectivity index (χ0v) is 19.2. The fourth-order valence-electron chi connectivity index (χ4n) is 5.12. The topological polar surface area (TPSA) is 36.4 Å². The van der Waals surface area contributed by atoms with Crippen molar-refractivity contribution in [3.63, 3.8) is 0 Å². The lowest BCUT2D eigenvalue weighted by molar-refractivity contribution is -0.138. The molecule has 1 aliphatic carbocycles. The van der Waals surface area contributed by atoms with Crippen molar-refractivity contribution in [3.8, 4) is 0 Å². The van der Waals surface area contributed by atoms with Gasteiger partial charge in [0, 0.05) is 30.2 Å². The number of amides is 1. The second-order valence-corrected chi connectivity index (χ2v) is 9.63. The highest BCUT2D eigenvalue weighted by Crippen LogP contribution is 2.43. The lowest BCUT2D eigenvalue weighted by Crippen LogP contribution is -2.52. The van der Waals surface area contributed by atoms with Crippen molar-refractivity contribution in [1.82, 2.24) is 14.8 Å². The molecular weight excluding hydrogens is 394 g/mol. The molecule has 0 N–H and O–H groups in total. The third-order valence-corrected chi connectivity index (χ3v) is 7.35. The average molecular weight is 426 g/mol. The number of nitrogens with zero attached hydrogens (tertiary/aromatic N) is 3. The van der Waals surface area contributed by atoms with E-state index in [0.29, 0.717) is 5.92 Å². The van der Waals surface area contributed by atoms with Gasteiger partial charge in [-0.1, -0.05) is 23.7 Å². The van der Waals surface area contributed by atoms with E-state index >= 15 is 0 Å². The van der Waals surface area contributed by atoms with E-state index in [4.69, 9.17) is 16.6 Å². The van der Waals surface area contributed by atoms with Gasteiger partial charge in [0.1, 0.15) is 0 Å². The number of rotatable bonds is 3. The number of hydrogen-bond donors (Lipinski definition) is 0. The molecule has 2 unspecified atom stereocenters. The van der Waals surface area contributed by atoms with Crippen LogP contribution in [0.15, 0.2) is 36.5 Å². The van der Waals surface area contributed by atoms with Crippen LogP contribution in [0.3, 0.4) is 0 Å². The van der Waals surface area contributed by atoms with Crippen LogP contribution >= 0.6 is 11.6 Å². The minimum absolute atomic E-state index is 0.0812. The predicted molar refractivity (Wildman–Crippen MR) is 122 cm³/mol. The zero-order chi connectivity index (χ0) is 21.4. The van der Waals surface area contributed by atoms with E-state index in [1.54, 1.807) is 0 Å². The largest absolute Gasteiger partial charge is 0.342 e. The molecule has 0 bridgehead atoms. The molecule has 1 aromatic carbocycles. The van der Waals surface area contributed by atoms with Gasteiger partial charge >= 0.3 is 0 Å². The number of carbonyl (C=O) groups is 1. The average Bonchev–Trinajstić information content (AvgIpc) is 2.89. The maximum absolute atomic E-state index is 13.2. The van der Waals surface area contributed by atoms with Crippen molar-refractivity contribution < 1.29 is 4.79 Å². The Kier molecular flexibility index (Phi) is 6.17. The molecule has 0 spiro atoms. The number of likely N-dealkylation sites (N-methyl/N-ethyl adjacent to an activating group) is 2. The SMILES string of the molecule is CC(C)N(C)C(=O)[C@H]1CC(C2c3ccc(Cl)cc3CCc3cccnc32)CCN1C. The van der Waals surface area contributed by atoms with Gasteiger partial charge in [-0.05, 0) is 93.9 Å². The van der Waals surface area contributed by atoms with Crippen LogP contribution in [-0.4, -0.2) is 53.4 Å². The first-order valence-corrected chi connectivity index (χ1v) is 11.4. The molecule has 2 aromatic rings. The van der Waals surface area contributed by atoms with Gasteiger partial charge in [0.15, 0.2) is 0 Å². The zero-order valence-electron chi connectivity index (χ0n) is 18.4. The van der Waals surface area contributed by atoms with Crippen LogP contribution in [0.4, 0.5) is 0 Å². The number of halogens is 1. The van der Waals surface area contributed by atoms with E-state index in [1.165, 1.54) is 22.4 Å². The Labute approximate surface area is 185 Å². The summed E-state index contributed by atoms with van der Waals surface area (Å²) in [5.74, 6) is 0.815. The fourth-order valence-corrected chi connectivity index (χ4v) is 5.32. The van der Waals surface area contributed by atoms with Gasteiger partial charge in [-0.25, -0.2) is 0 Å². The first-order chi connectivity index (χ1) is 14.4. The molecule has 5 heteroatoms. The highest BCUT2D eigenvalue weighted by atomic mass is 35.5. The Morgan fingerprint density at radius 1 is 1.23 bits per heavy atom. The smallest absolute Gasteiger partial charge is 0.239 e. The predicted octanol–water partition coefficient (Wildman–Crippen LogP) is 4.54. The summed E-state index contributed by atoms with van der Waals surface area (Å²) in [5, 5.41) is 0.793. The number of aromatic nitrogens is 1. The number of aryl methyl sites for hydroxylation is 2. The molecule has 1 aliphatic heterocycles. The quantitative estimate of drug-likeness (QED) is 0.724. The Morgan fingerprint density at radius 3 is 2.77 bits per heavy atom. The maximum atomic E-state index is 13.2. The highest BCUT2D eigenvalue weighted by molar-refractivity contribution is 6.30. The van der Waals surface area contributed by atoms with Crippen LogP contribution in [0.2, 0.25) is 5.02 Å². The molecule has 0 saturated carbocycles. The van der Waals surface area contributed by atoms with E-state index in [1.807, 2.05) is 30.3 Å². The number of benzene rings is 1. The van der Waals surface area contributed by atoms with Crippen molar-refractivity contribution in [2.45, 2.75) is 57.5 Å². The lowest BCUT2D eigenvalue weighted by Gasteiger charge is -2.41. The van der Waals surface area contributed by atoms with Crippen LogP contribution in [0, 0.1) is 5.92 Å². The molecule has 1 amide bonds. The number of piperidine rings is 1. The molecule has 4 rings (SSSR count). The number of hydrogen-bond acceptors (Lipinski definition) is 3. The molecule has 30 heavy (non-hydrogen) atoms. The van der Waals surface area contributed by atoms with Crippen molar-refractivity contribution in [2.75, 3.05) is 20.6 Å². The van der Waals surface area contributed by atoms with Gasteiger partial charge in [0.25, 0.3) is 0 Å². The Bertz CT molecular complexity index is 928. The molecule has 3 atom stereocenters.